The van der Waals surface area contributed by atoms with Gasteiger partial charge in [-0.05, 0) is 13.0 Å². The molecule has 0 aromatic heterocycles. The molecule has 0 saturated carbocycles. The van der Waals surface area contributed by atoms with Crippen LogP contribution in [0.4, 0.5) is 0 Å². The average molecular weight is 169 g/mol. The van der Waals surface area contributed by atoms with Gasteiger partial charge in [0.2, 0.25) is 0 Å². The zero-order valence-electron chi connectivity index (χ0n) is 8.60. The standard InChI is InChI=1S/C11H23N/c1-4-7-8-9-10-11(5-2)12-6-3/h5,11-12H,2,4,6-10H2,1,3H3. The van der Waals surface area contributed by atoms with Crippen molar-refractivity contribution in [2.75, 3.05) is 6.54 Å². The van der Waals surface area contributed by atoms with Crippen molar-refractivity contribution in [3.05, 3.63) is 12.7 Å². The molecule has 0 rings (SSSR count). The second kappa shape index (κ2) is 8.79. The molecule has 1 N–H and O–H groups in total. The van der Waals surface area contributed by atoms with Crippen LogP contribution in [-0.2, 0) is 0 Å². The minimum absolute atomic E-state index is 0.534. The van der Waals surface area contributed by atoms with E-state index in [9.17, 15) is 0 Å². The molecule has 0 bridgehead atoms. The Hall–Kier alpha value is -0.300. The van der Waals surface area contributed by atoms with E-state index in [4.69, 9.17) is 0 Å². The van der Waals surface area contributed by atoms with E-state index in [1.807, 2.05) is 6.08 Å². The molecule has 1 nitrogen and oxygen atoms in total. The van der Waals surface area contributed by atoms with Crippen LogP contribution in [0.1, 0.15) is 46.0 Å². The molecule has 0 saturated heterocycles. The van der Waals surface area contributed by atoms with Crippen molar-refractivity contribution in [2.24, 2.45) is 0 Å². The van der Waals surface area contributed by atoms with Crippen LogP contribution in [0.15, 0.2) is 12.7 Å². The lowest BCUT2D eigenvalue weighted by Gasteiger charge is -2.12. The average Bonchev–Trinajstić information content (AvgIpc) is 2.10. The van der Waals surface area contributed by atoms with Crippen LogP contribution in [0.3, 0.4) is 0 Å². The van der Waals surface area contributed by atoms with Gasteiger partial charge in [-0.2, -0.15) is 0 Å². The molecule has 1 unspecified atom stereocenters. The maximum absolute atomic E-state index is 3.82. The van der Waals surface area contributed by atoms with Crippen molar-refractivity contribution in [2.45, 2.75) is 52.0 Å². The summed E-state index contributed by atoms with van der Waals surface area (Å²) in [6.45, 7) is 9.25. The lowest BCUT2D eigenvalue weighted by Crippen LogP contribution is -2.26. The largest absolute Gasteiger partial charge is 0.311 e. The molecule has 1 heteroatoms. The second-order valence-electron chi connectivity index (χ2n) is 3.25. The van der Waals surface area contributed by atoms with Crippen LogP contribution >= 0.6 is 0 Å². The van der Waals surface area contributed by atoms with Gasteiger partial charge in [0.1, 0.15) is 0 Å². The minimum Gasteiger partial charge on any atom is -0.311 e. The summed E-state index contributed by atoms with van der Waals surface area (Å²) >= 11 is 0. The summed E-state index contributed by atoms with van der Waals surface area (Å²) in [6.07, 6.45) is 8.66. The number of hydrogen-bond acceptors (Lipinski definition) is 1. The fourth-order valence-corrected chi connectivity index (χ4v) is 1.36. The normalized spacial score (nSPS) is 12.8. The Balaban J connectivity index is 3.25. The predicted octanol–water partition coefficient (Wildman–Crippen LogP) is 3.12. The first kappa shape index (κ1) is 11.7. The van der Waals surface area contributed by atoms with Crippen molar-refractivity contribution in [1.29, 1.82) is 0 Å². The Kier molecular flexibility index (Phi) is 8.57. The molecule has 0 amide bonds. The first-order chi connectivity index (χ1) is 5.85. The highest BCUT2D eigenvalue weighted by Gasteiger charge is 1.99. The van der Waals surface area contributed by atoms with E-state index >= 15 is 0 Å². The van der Waals surface area contributed by atoms with Gasteiger partial charge in [0.15, 0.2) is 0 Å². The molecule has 0 radical (unpaired) electrons. The number of likely N-dealkylation sites (N-methyl/N-ethyl adjacent to an activating group) is 1. The first-order valence-corrected chi connectivity index (χ1v) is 5.21. The van der Waals surface area contributed by atoms with Gasteiger partial charge in [-0.1, -0.05) is 45.6 Å². The Labute approximate surface area is 77.2 Å². The Bertz CT molecular complexity index is 99.2. The van der Waals surface area contributed by atoms with Crippen molar-refractivity contribution >= 4 is 0 Å². The van der Waals surface area contributed by atoms with Crippen LogP contribution in [-0.4, -0.2) is 12.6 Å². The fourth-order valence-electron chi connectivity index (χ4n) is 1.36. The monoisotopic (exact) mass is 169 g/mol. The summed E-state index contributed by atoms with van der Waals surface area (Å²) in [7, 11) is 0. The molecule has 12 heavy (non-hydrogen) atoms. The molecule has 1 atom stereocenters. The highest BCUT2D eigenvalue weighted by molar-refractivity contribution is 4.84. The van der Waals surface area contributed by atoms with Gasteiger partial charge in [0.05, 0.1) is 0 Å². The maximum atomic E-state index is 3.82. The van der Waals surface area contributed by atoms with E-state index in [1.54, 1.807) is 0 Å². The number of nitrogens with one attached hydrogen (secondary N) is 1. The molecule has 0 aliphatic heterocycles. The van der Waals surface area contributed by atoms with Gasteiger partial charge in [-0.25, -0.2) is 0 Å². The minimum atomic E-state index is 0.534. The lowest BCUT2D eigenvalue weighted by molar-refractivity contribution is 0.529. The zero-order valence-corrected chi connectivity index (χ0v) is 8.60. The Morgan fingerprint density at radius 2 is 2.00 bits per heavy atom. The van der Waals surface area contributed by atoms with Gasteiger partial charge in [-0.3, -0.25) is 0 Å². The molecule has 0 fully saturated rings. The lowest BCUT2D eigenvalue weighted by atomic mass is 10.1. The van der Waals surface area contributed by atoms with E-state index in [-0.39, 0.29) is 0 Å². The van der Waals surface area contributed by atoms with E-state index in [0.717, 1.165) is 6.54 Å². The van der Waals surface area contributed by atoms with Crippen molar-refractivity contribution in [3.63, 3.8) is 0 Å². The van der Waals surface area contributed by atoms with E-state index in [2.05, 4.69) is 25.7 Å². The van der Waals surface area contributed by atoms with Crippen molar-refractivity contribution in [1.82, 2.24) is 5.32 Å². The van der Waals surface area contributed by atoms with Crippen LogP contribution in [0.5, 0.6) is 0 Å². The van der Waals surface area contributed by atoms with Gasteiger partial charge >= 0.3 is 0 Å². The van der Waals surface area contributed by atoms with Crippen molar-refractivity contribution in [3.8, 4) is 0 Å². The number of rotatable bonds is 8. The smallest absolute Gasteiger partial charge is 0.0247 e. The molecular formula is C11H23N. The van der Waals surface area contributed by atoms with Gasteiger partial charge in [0, 0.05) is 6.04 Å². The molecule has 0 aromatic carbocycles. The Morgan fingerprint density at radius 1 is 1.25 bits per heavy atom. The summed E-state index contributed by atoms with van der Waals surface area (Å²) in [5.41, 5.74) is 0. The van der Waals surface area contributed by atoms with Gasteiger partial charge < -0.3 is 5.32 Å². The SMILES string of the molecule is C=CC(CCCCCC)NCC. The van der Waals surface area contributed by atoms with Crippen LogP contribution in [0.2, 0.25) is 0 Å². The van der Waals surface area contributed by atoms with E-state index in [0.29, 0.717) is 6.04 Å². The molecule has 0 heterocycles. The summed E-state index contributed by atoms with van der Waals surface area (Å²) < 4.78 is 0. The van der Waals surface area contributed by atoms with Crippen LogP contribution in [0.25, 0.3) is 0 Å². The van der Waals surface area contributed by atoms with E-state index < -0.39 is 0 Å². The summed E-state index contributed by atoms with van der Waals surface area (Å²) in [5, 5.41) is 3.39. The Morgan fingerprint density at radius 3 is 2.50 bits per heavy atom. The highest BCUT2D eigenvalue weighted by Crippen LogP contribution is 2.05. The molecule has 0 aromatic rings. The molecule has 0 aliphatic rings. The predicted molar refractivity (Wildman–Crippen MR) is 56.4 cm³/mol. The second-order valence-corrected chi connectivity index (χ2v) is 3.25. The number of unbranched alkanes of at least 4 members (excludes halogenated alkanes) is 3. The van der Waals surface area contributed by atoms with Crippen molar-refractivity contribution < 1.29 is 0 Å². The van der Waals surface area contributed by atoms with E-state index in [1.165, 1.54) is 32.1 Å². The third-order valence-corrected chi connectivity index (χ3v) is 2.12. The molecule has 72 valence electrons. The summed E-state index contributed by atoms with van der Waals surface area (Å²) in [5.74, 6) is 0. The van der Waals surface area contributed by atoms with Gasteiger partial charge in [-0.15, -0.1) is 6.58 Å². The molecular weight excluding hydrogens is 146 g/mol. The van der Waals surface area contributed by atoms with Gasteiger partial charge in [0.25, 0.3) is 0 Å². The number of hydrogen-bond donors (Lipinski definition) is 1. The zero-order chi connectivity index (χ0) is 9.23. The quantitative estimate of drug-likeness (QED) is 0.435. The topological polar surface area (TPSA) is 12.0 Å². The fraction of sp³-hybridized carbons (Fsp3) is 0.818. The summed E-state index contributed by atoms with van der Waals surface area (Å²) in [6, 6.07) is 0.534. The highest BCUT2D eigenvalue weighted by atomic mass is 14.9. The molecule has 0 aliphatic carbocycles. The van der Waals surface area contributed by atoms with Crippen LogP contribution < -0.4 is 5.32 Å². The third kappa shape index (κ3) is 6.41. The van der Waals surface area contributed by atoms with Crippen LogP contribution in [0, 0.1) is 0 Å². The summed E-state index contributed by atoms with van der Waals surface area (Å²) in [4.78, 5) is 0. The first-order valence-electron chi connectivity index (χ1n) is 5.21. The third-order valence-electron chi connectivity index (χ3n) is 2.12. The molecule has 0 spiro atoms. The maximum Gasteiger partial charge on any atom is 0.0247 e.